The highest BCUT2D eigenvalue weighted by Gasteiger charge is 2.29. The van der Waals surface area contributed by atoms with Crippen LogP contribution in [0.4, 0.5) is 13.2 Å². The average molecular weight is 176 g/mol. The lowest BCUT2D eigenvalue weighted by Gasteiger charge is -2.03. The Bertz CT molecular complexity index is 205. The number of hydrogen-bond donors (Lipinski definition) is 0. The zero-order valence-corrected chi connectivity index (χ0v) is 5.02. The molecule has 0 spiro atoms. The van der Waals surface area contributed by atoms with E-state index in [4.69, 9.17) is 0 Å². The van der Waals surface area contributed by atoms with E-state index in [0.717, 1.165) is 12.1 Å². The van der Waals surface area contributed by atoms with E-state index >= 15 is 0 Å². The van der Waals surface area contributed by atoms with Crippen molar-refractivity contribution >= 4 is 17.4 Å². The summed E-state index contributed by atoms with van der Waals surface area (Å²) in [7, 11) is 0. The van der Waals surface area contributed by atoms with Gasteiger partial charge in [0.15, 0.2) is 17.4 Å². The van der Waals surface area contributed by atoms with Gasteiger partial charge in [-0.15, -0.1) is 0 Å². The number of hydrogen-bond acceptors (Lipinski definition) is 0. The summed E-state index contributed by atoms with van der Waals surface area (Å²) in [6.45, 7) is 0. The minimum absolute atomic E-state index is 0. The van der Waals surface area contributed by atoms with Gasteiger partial charge in [-0.1, -0.05) is 30.3 Å². The van der Waals surface area contributed by atoms with E-state index < -0.39 is 11.7 Å². The predicted octanol–water partition coefficient (Wildman–Crippen LogP) is 1.52. The van der Waals surface area contributed by atoms with Crippen molar-refractivity contribution in [1.29, 1.82) is 0 Å². The lowest BCUT2D eigenvalue weighted by Crippen LogP contribution is -2.03. The van der Waals surface area contributed by atoms with Gasteiger partial charge < -0.3 is 0 Å². The number of rotatable bonds is 0. The molecule has 0 aliphatic carbocycles. The molecule has 0 nitrogen and oxygen atoms in total. The first-order valence-electron chi connectivity index (χ1n) is 2.73. The van der Waals surface area contributed by atoms with E-state index in [0.29, 0.717) is 0 Å². The molecule has 0 saturated heterocycles. The highest BCUT2D eigenvalue weighted by atomic mass is 27.0. The van der Waals surface area contributed by atoms with Gasteiger partial charge in [-0.05, 0) is 0 Å². The van der Waals surface area contributed by atoms with Gasteiger partial charge in [-0.25, -0.2) is 0 Å². The Morgan fingerprint density at radius 2 is 1.36 bits per heavy atom. The lowest BCUT2D eigenvalue weighted by atomic mass is 10.2. The molecule has 0 atom stereocenters. The van der Waals surface area contributed by atoms with Crippen molar-refractivity contribution in [3.8, 4) is 0 Å². The number of halogens is 3. The largest absolute Gasteiger partial charge is 0.416 e. The second-order valence-corrected chi connectivity index (χ2v) is 1.86. The summed E-state index contributed by atoms with van der Waals surface area (Å²) in [5, 5.41) is 0. The van der Waals surface area contributed by atoms with Gasteiger partial charge in [-0.3, -0.25) is 0 Å². The van der Waals surface area contributed by atoms with Crippen LogP contribution in [0, 0.1) is 0 Å². The topological polar surface area (TPSA) is 0 Å². The van der Waals surface area contributed by atoms with Crippen LogP contribution in [0.2, 0.25) is 0 Å². The van der Waals surface area contributed by atoms with Gasteiger partial charge in [0.1, 0.15) is 0 Å². The molecule has 0 unspecified atom stereocenters. The van der Waals surface area contributed by atoms with Crippen molar-refractivity contribution in [2.24, 2.45) is 0 Å². The van der Waals surface area contributed by atoms with Gasteiger partial charge in [0.05, 0.1) is 5.56 Å². The summed E-state index contributed by atoms with van der Waals surface area (Å²) >= 11 is 0. The molecule has 60 valence electrons. The van der Waals surface area contributed by atoms with Crippen molar-refractivity contribution in [3.63, 3.8) is 0 Å². The Hall–Kier alpha value is -0.458. The molecule has 0 saturated carbocycles. The molecule has 0 amide bonds. The minimum atomic E-state index is -4.21. The maximum Gasteiger partial charge on any atom is 0.416 e. The van der Waals surface area contributed by atoms with Crippen LogP contribution in [0.1, 0.15) is 5.56 Å². The Labute approximate surface area is 73.2 Å². The third-order valence-electron chi connectivity index (χ3n) is 1.10. The smallest absolute Gasteiger partial charge is 0.166 e. The number of benzene rings is 1. The van der Waals surface area contributed by atoms with Crippen LogP contribution < -0.4 is 0 Å². The second kappa shape index (κ2) is 3.80. The highest BCUT2D eigenvalue weighted by molar-refractivity contribution is 5.75. The van der Waals surface area contributed by atoms with E-state index in [1.165, 1.54) is 12.1 Å². The van der Waals surface area contributed by atoms with Gasteiger partial charge >= 0.3 is 6.18 Å². The van der Waals surface area contributed by atoms with Crippen LogP contribution in [-0.2, 0) is 6.18 Å². The van der Waals surface area contributed by atoms with E-state index in [2.05, 4.69) is 0 Å². The fraction of sp³-hybridized carbons (Fsp3) is 0.143. The number of alkyl halides is 3. The van der Waals surface area contributed by atoms with Crippen molar-refractivity contribution in [2.75, 3.05) is 0 Å². The van der Waals surface area contributed by atoms with Crippen LogP contribution in [0.5, 0.6) is 0 Å². The molecule has 0 fully saturated rings. The molecule has 1 aromatic rings. The van der Waals surface area contributed by atoms with Crippen LogP contribution in [0.3, 0.4) is 0 Å². The van der Waals surface area contributed by atoms with Crippen LogP contribution in [0.15, 0.2) is 30.3 Å². The van der Waals surface area contributed by atoms with Crippen molar-refractivity contribution in [2.45, 2.75) is 6.18 Å². The first-order valence-corrected chi connectivity index (χ1v) is 2.73. The van der Waals surface area contributed by atoms with E-state index in [9.17, 15) is 13.2 Å². The Morgan fingerprint density at radius 1 is 0.909 bits per heavy atom. The molecule has 1 rings (SSSR count). The molecule has 0 aliphatic rings. The molecule has 0 aliphatic heterocycles. The molecule has 1 aromatic carbocycles. The van der Waals surface area contributed by atoms with Crippen LogP contribution in [0.25, 0.3) is 0 Å². The zero-order chi connectivity index (χ0) is 7.61. The first kappa shape index (κ1) is 10.5. The van der Waals surface area contributed by atoms with Gasteiger partial charge in [0.2, 0.25) is 0 Å². The second-order valence-electron chi connectivity index (χ2n) is 1.86. The zero-order valence-electron chi connectivity index (χ0n) is 5.02. The monoisotopic (exact) mass is 176 g/mol. The summed E-state index contributed by atoms with van der Waals surface area (Å²) in [6, 6.07) is 6.36. The molecule has 0 radical (unpaired) electrons. The maximum absolute atomic E-state index is 11.8. The third-order valence-corrected chi connectivity index (χ3v) is 1.10. The highest BCUT2D eigenvalue weighted by Crippen LogP contribution is 2.28. The quantitative estimate of drug-likeness (QED) is 0.526. The summed E-state index contributed by atoms with van der Waals surface area (Å²) < 4.78 is 35.4. The van der Waals surface area contributed by atoms with Crippen molar-refractivity contribution in [3.05, 3.63) is 35.9 Å². The lowest BCUT2D eigenvalue weighted by molar-refractivity contribution is -0.137. The van der Waals surface area contributed by atoms with Crippen LogP contribution in [-0.4, -0.2) is 17.4 Å². The average Bonchev–Trinajstić information content (AvgIpc) is 1.88. The van der Waals surface area contributed by atoms with E-state index in [1.807, 2.05) is 0 Å². The van der Waals surface area contributed by atoms with Gasteiger partial charge in [0, 0.05) is 0 Å². The van der Waals surface area contributed by atoms with Gasteiger partial charge in [-0.2, -0.15) is 13.2 Å². The van der Waals surface area contributed by atoms with Crippen LogP contribution >= 0.6 is 0 Å². The summed E-state index contributed by atoms with van der Waals surface area (Å²) in [5.74, 6) is 0. The van der Waals surface area contributed by atoms with Gasteiger partial charge in [0.25, 0.3) is 0 Å². The third kappa shape index (κ3) is 2.96. The minimum Gasteiger partial charge on any atom is -0.166 e. The summed E-state index contributed by atoms with van der Waals surface area (Å²) in [6.07, 6.45) is -4.21. The standard InChI is InChI=1S/C7H5F3.Al.3H/c8-7(9,10)6-4-2-1-3-5-6;;;;/h1-5H;;;;. The SMILES string of the molecule is FC(F)(F)c1ccccc1.[AlH3]. The van der Waals surface area contributed by atoms with E-state index in [1.54, 1.807) is 6.07 Å². The fourth-order valence-electron chi connectivity index (χ4n) is 0.627. The van der Waals surface area contributed by atoms with Crippen molar-refractivity contribution < 1.29 is 13.2 Å². The predicted molar refractivity (Wildman–Crippen MR) is 41.4 cm³/mol. The molecule has 11 heavy (non-hydrogen) atoms. The molecular formula is C7H8AlF3. The first-order chi connectivity index (χ1) is 4.61. The Kier molecular flexibility index (Phi) is 3.64. The summed E-state index contributed by atoms with van der Waals surface area (Å²) in [5.41, 5.74) is -0.602. The molecule has 0 N–H and O–H groups in total. The molecule has 0 aromatic heterocycles. The maximum atomic E-state index is 11.8. The Morgan fingerprint density at radius 3 is 1.64 bits per heavy atom. The molecule has 4 heteroatoms. The summed E-state index contributed by atoms with van der Waals surface area (Å²) in [4.78, 5) is 0. The molecule has 0 bridgehead atoms. The fourth-order valence-corrected chi connectivity index (χ4v) is 0.627. The van der Waals surface area contributed by atoms with Crippen molar-refractivity contribution in [1.82, 2.24) is 0 Å². The molecule has 0 heterocycles. The Balaban J connectivity index is 0.000001000. The van der Waals surface area contributed by atoms with E-state index in [-0.39, 0.29) is 17.4 Å². The normalized spacial score (nSPS) is 10.5. The molecular weight excluding hydrogens is 168 g/mol.